The van der Waals surface area contributed by atoms with Crippen LogP contribution in [0.25, 0.3) is 0 Å². The molecule has 0 rings (SSSR count). The van der Waals surface area contributed by atoms with E-state index >= 15 is 0 Å². The molecule has 0 saturated carbocycles. The molecule has 0 aromatic rings. The van der Waals surface area contributed by atoms with Crippen molar-refractivity contribution in [1.29, 1.82) is 0 Å². The number of unbranched alkanes of at least 4 members (excludes halogenated alkanes) is 2. The Morgan fingerprint density at radius 3 is 2.29 bits per heavy atom. The number of hydrogen-bond acceptors (Lipinski definition) is 0. The van der Waals surface area contributed by atoms with Gasteiger partial charge in [-0.1, -0.05) is 77.8 Å². The Labute approximate surface area is 109 Å². The highest BCUT2D eigenvalue weighted by Crippen LogP contribution is 2.09. The third-order valence-corrected chi connectivity index (χ3v) is 2.53. The van der Waals surface area contributed by atoms with Crippen LogP contribution >= 0.6 is 0 Å². The molecular formula is C17H30. The van der Waals surface area contributed by atoms with Gasteiger partial charge in [0.15, 0.2) is 0 Å². The van der Waals surface area contributed by atoms with Crippen molar-refractivity contribution in [3.8, 4) is 0 Å². The molecule has 0 unspecified atom stereocenters. The summed E-state index contributed by atoms with van der Waals surface area (Å²) in [6.07, 6.45) is 16.4. The number of allylic oxidation sites excluding steroid dienone is 6. The zero-order chi connectivity index (χ0) is 13.1. The minimum Gasteiger partial charge on any atom is -0.0837 e. The molecule has 0 heterocycles. The zero-order valence-corrected chi connectivity index (χ0v) is 12.4. The predicted molar refractivity (Wildman–Crippen MR) is 80.2 cm³/mol. The Hall–Kier alpha value is -0.780. The van der Waals surface area contributed by atoms with E-state index < -0.39 is 0 Å². The van der Waals surface area contributed by atoms with Crippen LogP contribution in [0, 0.1) is 11.8 Å². The third-order valence-electron chi connectivity index (χ3n) is 2.53. The number of rotatable bonds is 8. The molecule has 0 radical (unpaired) electrons. The maximum absolute atomic E-state index is 2.36. The van der Waals surface area contributed by atoms with E-state index in [9.17, 15) is 0 Å². The summed E-state index contributed by atoms with van der Waals surface area (Å²) in [6, 6.07) is 0. The van der Waals surface area contributed by atoms with Crippen LogP contribution in [0.4, 0.5) is 0 Å². The minimum atomic E-state index is 0.628. The molecule has 0 fully saturated rings. The van der Waals surface area contributed by atoms with Crippen LogP contribution in [0.15, 0.2) is 36.0 Å². The lowest BCUT2D eigenvalue weighted by molar-refractivity contribution is 0.663. The molecule has 98 valence electrons. The SMILES string of the molecule is CCCCC=C(C=CCC(C)C)C=CC(C)C. The smallest absolute Gasteiger partial charge is 0.0287 e. The van der Waals surface area contributed by atoms with Crippen LogP contribution < -0.4 is 0 Å². The van der Waals surface area contributed by atoms with Gasteiger partial charge in [-0.25, -0.2) is 0 Å². The maximum atomic E-state index is 2.36. The Balaban J connectivity index is 4.39. The first-order valence-electron chi connectivity index (χ1n) is 7.11. The molecular weight excluding hydrogens is 204 g/mol. The third kappa shape index (κ3) is 11.5. The monoisotopic (exact) mass is 234 g/mol. The summed E-state index contributed by atoms with van der Waals surface area (Å²) in [7, 11) is 0. The Kier molecular flexibility index (Phi) is 9.90. The van der Waals surface area contributed by atoms with Gasteiger partial charge in [0.25, 0.3) is 0 Å². The molecule has 0 aromatic heterocycles. The van der Waals surface area contributed by atoms with E-state index in [2.05, 4.69) is 65.0 Å². The Morgan fingerprint density at radius 1 is 1.06 bits per heavy atom. The minimum absolute atomic E-state index is 0.628. The van der Waals surface area contributed by atoms with Gasteiger partial charge in [0, 0.05) is 0 Å². The Morgan fingerprint density at radius 2 is 1.76 bits per heavy atom. The van der Waals surface area contributed by atoms with Gasteiger partial charge in [-0.05, 0) is 30.3 Å². The molecule has 0 saturated heterocycles. The largest absolute Gasteiger partial charge is 0.0837 e. The van der Waals surface area contributed by atoms with Crippen LogP contribution in [0.5, 0.6) is 0 Å². The van der Waals surface area contributed by atoms with Gasteiger partial charge >= 0.3 is 0 Å². The molecule has 0 aromatic carbocycles. The quantitative estimate of drug-likeness (QED) is 0.361. The summed E-state index contributed by atoms with van der Waals surface area (Å²) in [5.41, 5.74) is 1.37. The van der Waals surface area contributed by atoms with Gasteiger partial charge in [0.2, 0.25) is 0 Å². The Bertz CT molecular complexity index is 251. The van der Waals surface area contributed by atoms with Crippen molar-refractivity contribution in [2.75, 3.05) is 0 Å². The second kappa shape index (κ2) is 10.4. The first-order valence-corrected chi connectivity index (χ1v) is 7.11. The molecule has 0 amide bonds. The summed E-state index contributed by atoms with van der Waals surface area (Å²) in [5, 5.41) is 0. The van der Waals surface area contributed by atoms with Gasteiger partial charge in [-0.15, -0.1) is 0 Å². The topological polar surface area (TPSA) is 0 Å². The van der Waals surface area contributed by atoms with Crippen molar-refractivity contribution in [2.24, 2.45) is 11.8 Å². The maximum Gasteiger partial charge on any atom is -0.0287 e. The summed E-state index contributed by atoms with van der Waals surface area (Å²) in [6.45, 7) is 11.2. The van der Waals surface area contributed by atoms with Gasteiger partial charge < -0.3 is 0 Å². The highest BCUT2D eigenvalue weighted by molar-refractivity contribution is 5.30. The van der Waals surface area contributed by atoms with Crippen molar-refractivity contribution in [3.05, 3.63) is 36.0 Å². The van der Waals surface area contributed by atoms with E-state index in [1.807, 2.05) is 0 Å². The predicted octanol–water partition coefficient (Wildman–Crippen LogP) is 5.92. The lowest BCUT2D eigenvalue weighted by Crippen LogP contribution is -1.83. The highest BCUT2D eigenvalue weighted by Gasteiger charge is 1.91. The molecule has 0 spiro atoms. The van der Waals surface area contributed by atoms with Crippen molar-refractivity contribution in [2.45, 2.75) is 60.3 Å². The van der Waals surface area contributed by atoms with E-state index in [0.29, 0.717) is 5.92 Å². The normalized spacial score (nSPS) is 13.7. The van der Waals surface area contributed by atoms with E-state index in [1.54, 1.807) is 0 Å². The fourth-order valence-corrected chi connectivity index (χ4v) is 1.44. The second-order valence-corrected chi connectivity index (χ2v) is 5.48. The molecule has 0 atom stereocenters. The van der Waals surface area contributed by atoms with E-state index in [1.165, 1.54) is 31.3 Å². The molecule has 0 aliphatic carbocycles. The van der Waals surface area contributed by atoms with Crippen LogP contribution in [-0.4, -0.2) is 0 Å². The van der Waals surface area contributed by atoms with Crippen LogP contribution in [0.2, 0.25) is 0 Å². The molecule has 0 N–H and O–H groups in total. The standard InChI is InChI=1S/C17H30/c1-6-7-8-11-17(14-13-16(4)5)12-9-10-15(2)3/h9,11-16H,6-8,10H2,1-5H3. The average Bonchev–Trinajstić information content (AvgIpc) is 2.24. The average molecular weight is 234 g/mol. The molecule has 17 heavy (non-hydrogen) atoms. The molecule has 0 nitrogen and oxygen atoms in total. The van der Waals surface area contributed by atoms with Crippen LogP contribution in [0.1, 0.15) is 60.3 Å². The van der Waals surface area contributed by atoms with Gasteiger partial charge in [-0.2, -0.15) is 0 Å². The van der Waals surface area contributed by atoms with E-state index in [4.69, 9.17) is 0 Å². The zero-order valence-electron chi connectivity index (χ0n) is 12.4. The molecule has 0 heteroatoms. The van der Waals surface area contributed by atoms with Gasteiger partial charge in [0.1, 0.15) is 0 Å². The summed E-state index contributed by atoms with van der Waals surface area (Å²) >= 11 is 0. The van der Waals surface area contributed by atoms with Crippen molar-refractivity contribution < 1.29 is 0 Å². The summed E-state index contributed by atoms with van der Waals surface area (Å²) < 4.78 is 0. The second-order valence-electron chi connectivity index (χ2n) is 5.48. The summed E-state index contributed by atoms with van der Waals surface area (Å²) in [4.78, 5) is 0. The molecule has 0 aliphatic rings. The fourth-order valence-electron chi connectivity index (χ4n) is 1.44. The fraction of sp³-hybridized carbons (Fsp3) is 0.647. The van der Waals surface area contributed by atoms with Crippen LogP contribution in [-0.2, 0) is 0 Å². The molecule has 0 bridgehead atoms. The first kappa shape index (κ1) is 16.2. The first-order chi connectivity index (χ1) is 8.06. The van der Waals surface area contributed by atoms with Crippen LogP contribution in [0.3, 0.4) is 0 Å². The molecule has 0 aliphatic heterocycles. The lowest BCUT2D eigenvalue weighted by atomic mass is 10.1. The van der Waals surface area contributed by atoms with Crippen molar-refractivity contribution in [3.63, 3.8) is 0 Å². The van der Waals surface area contributed by atoms with E-state index in [-0.39, 0.29) is 0 Å². The van der Waals surface area contributed by atoms with Gasteiger partial charge in [0.05, 0.1) is 0 Å². The van der Waals surface area contributed by atoms with Crippen molar-refractivity contribution >= 4 is 0 Å². The summed E-state index contributed by atoms with van der Waals surface area (Å²) in [5.74, 6) is 1.38. The van der Waals surface area contributed by atoms with Crippen molar-refractivity contribution in [1.82, 2.24) is 0 Å². The highest BCUT2D eigenvalue weighted by atomic mass is 14.0. The number of hydrogen-bond donors (Lipinski definition) is 0. The van der Waals surface area contributed by atoms with Gasteiger partial charge in [-0.3, -0.25) is 0 Å². The lowest BCUT2D eigenvalue weighted by Gasteiger charge is -2.00. The van der Waals surface area contributed by atoms with E-state index in [0.717, 1.165) is 5.92 Å².